The molecule has 1 fully saturated rings. The molecule has 1 saturated heterocycles. The second-order valence-electron chi connectivity index (χ2n) is 2.95. The molecular weight excluding hydrogens is 160 g/mol. The summed E-state index contributed by atoms with van der Waals surface area (Å²) in [5.74, 6) is 0. The van der Waals surface area contributed by atoms with Gasteiger partial charge in [-0.3, -0.25) is 0 Å². The molecule has 2 heteroatoms. The van der Waals surface area contributed by atoms with Crippen molar-refractivity contribution in [3.05, 3.63) is 0 Å². The van der Waals surface area contributed by atoms with E-state index in [-0.39, 0.29) is 0 Å². The molecular formula is C11H28N2. The van der Waals surface area contributed by atoms with Gasteiger partial charge < -0.3 is 10.2 Å². The van der Waals surface area contributed by atoms with Crippen molar-refractivity contribution in [2.45, 2.75) is 40.5 Å². The summed E-state index contributed by atoms with van der Waals surface area (Å²) >= 11 is 0. The standard InChI is InChI=1S/C5H13N.C4H9N.C2H6/c1-4-6(3)5-2;1-2-4-5-3-1;1-2/h4-5H2,1-3H3;5H,1-4H2;1-2H3. The molecule has 2 nitrogen and oxygen atoms in total. The second-order valence-corrected chi connectivity index (χ2v) is 2.95. The number of nitrogens with zero attached hydrogens (tertiary/aromatic N) is 1. The summed E-state index contributed by atoms with van der Waals surface area (Å²) in [5.41, 5.74) is 0. The van der Waals surface area contributed by atoms with Crippen molar-refractivity contribution in [1.29, 1.82) is 0 Å². The lowest BCUT2D eigenvalue weighted by atomic mass is 10.4. The third-order valence-electron chi connectivity index (χ3n) is 2.04. The van der Waals surface area contributed by atoms with Crippen LogP contribution in [0.4, 0.5) is 0 Å². The van der Waals surface area contributed by atoms with E-state index in [0.29, 0.717) is 0 Å². The maximum absolute atomic E-state index is 3.22. The van der Waals surface area contributed by atoms with Gasteiger partial charge in [-0.25, -0.2) is 0 Å². The fourth-order valence-corrected chi connectivity index (χ4v) is 0.849. The molecule has 1 aliphatic heterocycles. The summed E-state index contributed by atoms with van der Waals surface area (Å²) in [5, 5.41) is 3.22. The van der Waals surface area contributed by atoms with Gasteiger partial charge in [0.2, 0.25) is 0 Å². The molecule has 82 valence electrons. The predicted molar refractivity (Wildman–Crippen MR) is 62.3 cm³/mol. The minimum atomic E-state index is 1.16. The van der Waals surface area contributed by atoms with E-state index in [0.717, 1.165) is 13.1 Å². The quantitative estimate of drug-likeness (QED) is 0.715. The Bertz CT molecular complexity index is 58.9. The molecule has 0 aliphatic carbocycles. The second kappa shape index (κ2) is 14.4. The van der Waals surface area contributed by atoms with Gasteiger partial charge >= 0.3 is 0 Å². The van der Waals surface area contributed by atoms with Gasteiger partial charge in [0.15, 0.2) is 0 Å². The predicted octanol–water partition coefficient (Wildman–Crippen LogP) is 2.35. The smallest absolute Gasteiger partial charge is 0.00484 e. The van der Waals surface area contributed by atoms with Crippen LogP contribution >= 0.6 is 0 Å². The van der Waals surface area contributed by atoms with E-state index in [1.54, 1.807) is 0 Å². The van der Waals surface area contributed by atoms with E-state index in [2.05, 4.69) is 31.1 Å². The monoisotopic (exact) mass is 188 g/mol. The Labute approximate surface area is 84.7 Å². The Morgan fingerprint density at radius 3 is 1.46 bits per heavy atom. The lowest BCUT2D eigenvalue weighted by Crippen LogP contribution is -2.15. The zero-order valence-electron chi connectivity index (χ0n) is 10.2. The van der Waals surface area contributed by atoms with Crippen molar-refractivity contribution in [1.82, 2.24) is 10.2 Å². The van der Waals surface area contributed by atoms with Crippen LogP contribution in [0.2, 0.25) is 0 Å². The van der Waals surface area contributed by atoms with Crippen LogP contribution in [-0.2, 0) is 0 Å². The topological polar surface area (TPSA) is 15.3 Å². The molecule has 0 atom stereocenters. The van der Waals surface area contributed by atoms with Gasteiger partial charge in [0.25, 0.3) is 0 Å². The molecule has 0 spiro atoms. The maximum atomic E-state index is 3.22. The van der Waals surface area contributed by atoms with Crippen molar-refractivity contribution >= 4 is 0 Å². The summed E-state index contributed by atoms with van der Waals surface area (Å²) in [6.45, 7) is 13.1. The van der Waals surface area contributed by atoms with Crippen LogP contribution in [-0.4, -0.2) is 38.1 Å². The molecule has 0 bridgehead atoms. The zero-order valence-corrected chi connectivity index (χ0v) is 10.2. The van der Waals surface area contributed by atoms with Crippen molar-refractivity contribution < 1.29 is 0 Å². The SMILES string of the molecule is C1CCNC1.CC.CCN(C)CC. The van der Waals surface area contributed by atoms with Crippen LogP contribution in [0.15, 0.2) is 0 Å². The van der Waals surface area contributed by atoms with Crippen LogP contribution in [0, 0.1) is 0 Å². The fourth-order valence-electron chi connectivity index (χ4n) is 0.849. The van der Waals surface area contributed by atoms with Crippen LogP contribution < -0.4 is 5.32 Å². The largest absolute Gasteiger partial charge is 0.317 e. The highest BCUT2D eigenvalue weighted by Crippen LogP contribution is 1.90. The Morgan fingerprint density at radius 1 is 1.00 bits per heavy atom. The molecule has 1 rings (SSSR count). The molecule has 0 radical (unpaired) electrons. The Balaban J connectivity index is 0. The molecule has 13 heavy (non-hydrogen) atoms. The van der Waals surface area contributed by atoms with Gasteiger partial charge in [-0.2, -0.15) is 0 Å². The van der Waals surface area contributed by atoms with Gasteiger partial charge in [-0.15, -0.1) is 0 Å². The summed E-state index contributed by atoms with van der Waals surface area (Å²) in [7, 11) is 2.11. The molecule has 0 amide bonds. The van der Waals surface area contributed by atoms with Crippen molar-refractivity contribution in [3.63, 3.8) is 0 Å². The minimum Gasteiger partial charge on any atom is -0.317 e. The summed E-state index contributed by atoms with van der Waals surface area (Å²) in [4.78, 5) is 2.25. The van der Waals surface area contributed by atoms with Gasteiger partial charge in [0.1, 0.15) is 0 Å². The van der Waals surface area contributed by atoms with E-state index < -0.39 is 0 Å². The molecule has 1 heterocycles. The third-order valence-corrected chi connectivity index (χ3v) is 2.04. The first-order chi connectivity index (χ1) is 6.31. The summed E-state index contributed by atoms with van der Waals surface area (Å²) in [6.07, 6.45) is 2.78. The van der Waals surface area contributed by atoms with Gasteiger partial charge in [0, 0.05) is 0 Å². The van der Waals surface area contributed by atoms with Crippen LogP contribution in [0.5, 0.6) is 0 Å². The van der Waals surface area contributed by atoms with Crippen LogP contribution in [0.3, 0.4) is 0 Å². The van der Waals surface area contributed by atoms with E-state index in [1.807, 2.05) is 13.8 Å². The average molecular weight is 188 g/mol. The van der Waals surface area contributed by atoms with E-state index >= 15 is 0 Å². The lowest BCUT2D eigenvalue weighted by Gasteiger charge is -2.07. The lowest BCUT2D eigenvalue weighted by molar-refractivity contribution is 0.373. The van der Waals surface area contributed by atoms with Crippen molar-refractivity contribution in [3.8, 4) is 0 Å². The molecule has 0 unspecified atom stereocenters. The summed E-state index contributed by atoms with van der Waals surface area (Å²) < 4.78 is 0. The highest BCUT2D eigenvalue weighted by molar-refractivity contribution is 4.55. The number of rotatable bonds is 2. The van der Waals surface area contributed by atoms with Gasteiger partial charge in [-0.1, -0.05) is 27.7 Å². The third kappa shape index (κ3) is 14.7. The van der Waals surface area contributed by atoms with Gasteiger partial charge in [-0.05, 0) is 46.1 Å². The summed E-state index contributed by atoms with van der Waals surface area (Å²) in [6, 6.07) is 0. The molecule has 0 aromatic carbocycles. The van der Waals surface area contributed by atoms with Crippen molar-refractivity contribution in [2.24, 2.45) is 0 Å². The number of hydrogen-bond donors (Lipinski definition) is 1. The van der Waals surface area contributed by atoms with Gasteiger partial charge in [0.05, 0.1) is 0 Å². The first kappa shape index (κ1) is 15.4. The minimum absolute atomic E-state index is 1.16. The molecule has 0 aromatic rings. The molecule has 1 N–H and O–H groups in total. The Hall–Kier alpha value is -0.0800. The number of hydrogen-bond acceptors (Lipinski definition) is 2. The fraction of sp³-hybridized carbons (Fsp3) is 1.00. The molecule has 1 aliphatic rings. The highest BCUT2D eigenvalue weighted by atomic mass is 15.1. The normalized spacial score (nSPS) is 14.3. The zero-order chi connectivity index (χ0) is 10.5. The van der Waals surface area contributed by atoms with Crippen LogP contribution in [0.25, 0.3) is 0 Å². The first-order valence-corrected chi connectivity index (χ1v) is 5.70. The number of nitrogens with one attached hydrogen (secondary N) is 1. The maximum Gasteiger partial charge on any atom is -0.00484 e. The molecule has 0 aromatic heterocycles. The van der Waals surface area contributed by atoms with E-state index in [4.69, 9.17) is 0 Å². The highest BCUT2D eigenvalue weighted by Gasteiger charge is 1.93. The van der Waals surface area contributed by atoms with E-state index in [1.165, 1.54) is 25.9 Å². The Morgan fingerprint density at radius 2 is 1.38 bits per heavy atom. The Kier molecular flexibility index (Phi) is 17.1. The first-order valence-electron chi connectivity index (χ1n) is 5.70. The van der Waals surface area contributed by atoms with Crippen LogP contribution in [0.1, 0.15) is 40.5 Å². The molecule has 0 saturated carbocycles. The van der Waals surface area contributed by atoms with E-state index in [9.17, 15) is 0 Å². The average Bonchev–Trinajstić information content (AvgIpc) is 2.78. The van der Waals surface area contributed by atoms with Crippen molar-refractivity contribution in [2.75, 3.05) is 33.2 Å².